The van der Waals surface area contributed by atoms with Crippen LogP contribution in [-0.2, 0) is 13.1 Å². The number of likely N-dealkylation sites (tertiary alicyclic amines) is 1. The molecule has 7 nitrogen and oxygen atoms in total. The molecule has 0 saturated carbocycles. The quantitative estimate of drug-likeness (QED) is 0.859. The van der Waals surface area contributed by atoms with Gasteiger partial charge in [-0.3, -0.25) is 9.48 Å². The third-order valence-corrected chi connectivity index (χ3v) is 4.37. The van der Waals surface area contributed by atoms with E-state index in [9.17, 15) is 4.79 Å². The lowest BCUT2D eigenvalue weighted by molar-refractivity contribution is 0.0697. The minimum absolute atomic E-state index is 0.0785. The van der Waals surface area contributed by atoms with Crippen LogP contribution in [0.3, 0.4) is 0 Å². The van der Waals surface area contributed by atoms with Crippen molar-refractivity contribution in [2.75, 3.05) is 13.1 Å². The highest BCUT2D eigenvalue weighted by atomic mass is 16.2. The van der Waals surface area contributed by atoms with Crippen LogP contribution < -0.4 is 0 Å². The van der Waals surface area contributed by atoms with Gasteiger partial charge in [-0.15, -0.1) is 10.2 Å². The molecule has 1 saturated heterocycles. The molecule has 3 heterocycles. The van der Waals surface area contributed by atoms with Gasteiger partial charge in [-0.05, 0) is 32.8 Å². The van der Waals surface area contributed by atoms with Crippen molar-refractivity contribution < 1.29 is 4.79 Å². The number of aryl methyl sites for hydroxylation is 2. The van der Waals surface area contributed by atoms with Crippen LogP contribution in [0, 0.1) is 0 Å². The lowest BCUT2D eigenvalue weighted by atomic mass is 9.95. The fraction of sp³-hybridized carbons (Fsp3) is 0.600. The van der Waals surface area contributed by atoms with Gasteiger partial charge in [0.25, 0.3) is 5.91 Å². The van der Waals surface area contributed by atoms with Gasteiger partial charge in [-0.2, -0.15) is 5.10 Å². The van der Waals surface area contributed by atoms with E-state index in [-0.39, 0.29) is 5.91 Å². The van der Waals surface area contributed by atoms with Gasteiger partial charge in [0.1, 0.15) is 17.8 Å². The third-order valence-electron chi connectivity index (χ3n) is 4.37. The molecular formula is C15H22N6O. The second kappa shape index (κ2) is 6.29. The zero-order valence-electron chi connectivity index (χ0n) is 13.1. The van der Waals surface area contributed by atoms with Crippen molar-refractivity contribution in [3.05, 3.63) is 30.1 Å². The second-order valence-corrected chi connectivity index (χ2v) is 5.57. The van der Waals surface area contributed by atoms with Gasteiger partial charge < -0.3 is 9.47 Å². The normalized spacial score (nSPS) is 16.2. The first-order chi connectivity index (χ1) is 10.7. The lowest BCUT2D eigenvalue weighted by Gasteiger charge is -2.31. The molecule has 0 radical (unpaired) electrons. The fourth-order valence-electron chi connectivity index (χ4n) is 3.09. The summed E-state index contributed by atoms with van der Waals surface area (Å²) in [5.74, 6) is 1.52. The van der Waals surface area contributed by atoms with E-state index in [1.807, 2.05) is 11.8 Å². The molecule has 7 heteroatoms. The van der Waals surface area contributed by atoms with Crippen molar-refractivity contribution in [3.8, 4) is 0 Å². The summed E-state index contributed by atoms with van der Waals surface area (Å²) in [7, 11) is 0. The summed E-state index contributed by atoms with van der Waals surface area (Å²) in [4.78, 5) is 14.5. The number of amides is 1. The van der Waals surface area contributed by atoms with Crippen molar-refractivity contribution in [2.45, 2.75) is 45.7 Å². The van der Waals surface area contributed by atoms with Gasteiger partial charge in [0.05, 0.1) is 0 Å². The SMILES string of the molecule is CCn1cnnc1C1CCN(C(=O)c2ccnn2CC)CC1. The minimum Gasteiger partial charge on any atom is -0.337 e. The standard InChI is InChI=1S/C15H22N6O/c1-3-19-11-16-18-14(19)12-6-9-20(10-7-12)15(22)13-5-8-17-21(13)4-2/h5,8,11-12H,3-4,6-7,9-10H2,1-2H3. The Morgan fingerprint density at radius 1 is 1.27 bits per heavy atom. The molecule has 0 aromatic carbocycles. The van der Waals surface area contributed by atoms with Gasteiger partial charge in [-0.25, -0.2) is 0 Å². The summed E-state index contributed by atoms with van der Waals surface area (Å²) in [6, 6.07) is 1.80. The largest absolute Gasteiger partial charge is 0.337 e. The van der Waals surface area contributed by atoms with E-state index < -0.39 is 0 Å². The molecule has 2 aromatic heterocycles. The van der Waals surface area contributed by atoms with Gasteiger partial charge in [0.2, 0.25) is 0 Å². The van der Waals surface area contributed by atoms with E-state index in [0.29, 0.717) is 18.2 Å². The summed E-state index contributed by atoms with van der Waals surface area (Å²) >= 11 is 0. The summed E-state index contributed by atoms with van der Waals surface area (Å²) < 4.78 is 3.84. The zero-order valence-corrected chi connectivity index (χ0v) is 13.1. The van der Waals surface area contributed by atoms with E-state index in [1.54, 1.807) is 23.3 Å². The maximum absolute atomic E-state index is 12.6. The first-order valence-electron chi connectivity index (χ1n) is 7.93. The molecule has 2 aromatic rings. The van der Waals surface area contributed by atoms with Gasteiger partial charge in [0.15, 0.2) is 0 Å². The molecule has 3 rings (SSSR count). The van der Waals surface area contributed by atoms with Crippen LogP contribution in [0.5, 0.6) is 0 Å². The van der Waals surface area contributed by atoms with Gasteiger partial charge in [-0.1, -0.05) is 0 Å². The maximum atomic E-state index is 12.6. The van der Waals surface area contributed by atoms with E-state index >= 15 is 0 Å². The highest BCUT2D eigenvalue weighted by molar-refractivity contribution is 5.92. The van der Waals surface area contributed by atoms with E-state index in [1.165, 1.54) is 0 Å². The van der Waals surface area contributed by atoms with Crippen LogP contribution in [0.25, 0.3) is 0 Å². The fourth-order valence-corrected chi connectivity index (χ4v) is 3.09. The second-order valence-electron chi connectivity index (χ2n) is 5.57. The highest BCUT2D eigenvalue weighted by Crippen LogP contribution is 2.27. The maximum Gasteiger partial charge on any atom is 0.272 e. The first-order valence-corrected chi connectivity index (χ1v) is 7.93. The molecule has 0 atom stereocenters. The molecule has 0 spiro atoms. The average Bonchev–Trinajstić information content (AvgIpc) is 3.22. The molecule has 1 fully saturated rings. The van der Waals surface area contributed by atoms with Crippen LogP contribution >= 0.6 is 0 Å². The average molecular weight is 302 g/mol. The smallest absolute Gasteiger partial charge is 0.272 e. The third kappa shape index (κ3) is 2.63. The predicted molar refractivity (Wildman–Crippen MR) is 81.5 cm³/mol. The van der Waals surface area contributed by atoms with Crippen molar-refractivity contribution in [1.82, 2.24) is 29.4 Å². The van der Waals surface area contributed by atoms with Crippen LogP contribution in [-0.4, -0.2) is 48.4 Å². The summed E-state index contributed by atoms with van der Waals surface area (Å²) in [6.07, 6.45) is 5.34. The Labute approximate surface area is 129 Å². The van der Waals surface area contributed by atoms with E-state index in [2.05, 4.69) is 26.8 Å². The number of hydrogen-bond donors (Lipinski definition) is 0. The van der Waals surface area contributed by atoms with Gasteiger partial charge in [0, 0.05) is 38.3 Å². The molecule has 1 aliphatic rings. The van der Waals surface area contributed by atoms with Crippen LogP contribution in [0.1, 0.15) is 48.9 Å². The number of aromatic nitrogens is 5. The Balaban J connectivity index is 1.66. The Hall–Kier alpha value is -2.18. The molecule has 0 aliphatic carbocycles. The molecular weight excluding hydrogens is 280 g/mol. The molecule has 22 heavy (non-hydrogen) atoms. The Bertz CT molecular complexity index is 638. The predicted octanol–water partition coefficient (Wildman–Crippen LogP) is 1.53. The van der Waals surface area contributed by atoms with Crippen LogP contribution in [0.4, 0.5) is 0 Å². The molecule has 0 unspecified atom stereocenters. The minimum atomic E-state index is 0.0785. The van der Waals surface area contributed by atoms with E-state index in [0.717, 1.165) is 38.3 Å². The number of nitrogens with zero attached hydrogens (tertiary/aromatic N) is 6. The number of piperidine rings is 1. The first kappa shape index (κ1) is 14.7. The van der Waals surface area contributed by atoms with Crippen LogP contribution in [0.2, 0.25) is 0 Å². The molecule has 0 bridgehead atoms. The Morgan fingerprint density at radius 2 is 2.05 bits per heavy atom. The topological polar surface area (TPSA) is 68.8 Å². The van der Waals surface area contributed by atoms with Crippen molar-refractivity contribution in [3.63, 3.8) is 0 Å². The van der Waals surface area contributed by atoms with Crippen molar-refractivity contribution >= 4 is 5.91 Å². The highest BCUT2D eigenvalue weighted by Gasteiger charge is 2.28. The van der Waals surface area contributed by atoms with Gasteiger partial charge >= 0.3 is 0 Å². The molecule has 1 aliphatic heterocycles. The van der Waals surface area contributed by atoms with Crippen molar-refractivity contribution in [2.24, 2.45) is 0 Å². The monoisotopic (exact) mass is 302 g/mol. The summed E-state index contributed by atoms with van der Waals surface area (Å²) in [6.45, 7) is 7.20. The number of carbonyl (C=O) groups excluding carboxylic acids is 1. The number of carbonyl (C=O) groups is 1. The molecule has 0 N–H and O–H groups in total. The van der Waals surface area contributed by atoms with Crippen molar-refractivity contribution in [1.29, 1.82) is 0 Å². The lowest BCUT2D eigenvalue weighted by Crippen LogP contribution is -2.39. The molecule has 1 amide bonds. The van der Waals surface area contributed by atoms with Crippen LogP contribution in [0.15, 0.2) is 18.6 Å². The van der Waals surface area contributed by atoms with E-state index in [4.69, 9.17) is 0 Å². The Kier molecular flexibility index (Phi) is 4.22. The zero-order chi connectivity index (χ0) is 15.5. The summed E-state index contributed by atoms with van der Waals surface area (Å²) in [5.41, 5.74) is 0.678. The number of rotatable bonds is 4. The Morgan fingerprint density at radius 3 is 2.73 bits per heavy atom. The molecule has 118 valence electrons. The summed E-state index contributed by atoms with van der Waals surface area (Å²) in [5, 5.41) is 12.4. The number of hydrogen-bond acceptors (Lipinski definition) is 4.